The van der Waals surface area contributed by atoms with Crippen molar-refractivity contribution in [3.05, 3.63) is 29.3 Å². The molecule has 2 aliphatic rings. The predicted octanol–water partition coefficient (Wildman–Crippen LogP) is 0.535. The number of hydrogen-bond donors (Lipinski definition) is 2. The number of piperidine rings is 1. The van der Waals surface area contributed by atoms with E-state index >= 15 is 0 Å². The second-order valence-electron chi connectivity index (χ2n) is 6.18. The number of nitrogens with one attached hydrogen (secondary N) is 2. The van der Waals surface area contributed by atoms with Crippen LogP contribution >= 0.6 is 0 Å². The second kappa shape index (κ2) is 6.64. The number of hydrogen-bond acceptors (Lipinski definition) is 6. The quantitative estimate of drug-likeness (QED) is 0.755. The third-order valence-corrected chi connectivity index (χ3v) is 4.29. The van der Waals surface area contributed by atoms with Gasteiger partial charge in [0, 0.05) is 25.3 Å². The fourth-order valence-corrected chi connectivity index (χ4v) is 3.19. The lowest BCUT2D eigenvalue weighted by molar-refractivity contribution is -0.136. The van der Waals surface area contributed by atoms with Crippen LogP contribution in [0.1, 0.15) is 40.5 Å². The summed E-state index contributed by atoms with van der Waals surface area (Å²) in [6, 6.07) is 3.93. The third-order valence-electron chi connectivity index (χ3n) is 4.29. The first-order chi connectivity index (χ1) is 11.9. The van der Waals surface area contributed by atoms with Crippen molar-refractivity contribution in [2.45, 2.75) is 31.8 Å². The predicted molar refractivity (Wildman–Crippen MR) is 88.1 cm³/mol. The normalized spacial score (nSPS) is 21.2. The van der Waals surface area contributed by atoms with Crippen molar-refractivity contribution in [3.63, 3.8) is 0 Å². The minimum absolute atomic E-state index is 0.0657. The van der Waals surface area contributed by atoms with E-state index in [0.717, 1.165) is 4.90 Å². The number of amides is 4. The van der Waals surface area contributed by atoms with Crippen LogP contribution in [-0.4, -0.2) is 54.3 Å². The van der Waals surface area contributed by atoms with Gasteiger partial charge in [-0.05, 0) is 25.5 Å². The molecule has 0 bridgehead atoms. The van der Waals surface area contributed by atoms with Crippen LogP contribution in [0.25, 0.3) is 0 Å². The van der Waals surface area contributed by atoms with E-state index in [1.807, 2.05) is 6.92 Å². The van der Waals surface area contributed by atoms with Gasteiger partial charge in [0.05, 0.1) is 17.7 Å². The molecule has 2 unspecified atom stereocenters. The van der Waals surface area contributed by atoms with Crippen LogP contribution in [0.4, 0.5) is 5.69 Å². The Bertz CT molecular complexity index is 761. The zero-order chi connectivity index (χ0) is 18.1. The van der Waals surface area contributed by atoms with E-state index in [-0.39, 0.29) is 30.0 Å². The van der Waals surface area contributed by atoms with E-state index in [1.165, 1.54) is 0 Å². The monoisotopic (exact) mass is 345 g/mol. The molecule has 0 aliphatic carbocycles. The summed E-state index contributed by atoms with van der Waals surface area (Å²) in [5, 5.41) is 5.34. The Labute approximate surface area is 144 Å². The Morgan fingerprint density at radius 3 is 2.72 bits per heavy atom. The van der Waals surface area contributed by atoms with Gasteiger partial charge in [-0.2, -0.15) is 0 Å². The van der Waals surface area contributed by atoms with Gasteiger partial charge in [0.1, 0.15) is 6.04 Å². The second-order valence-corrected chi connectivity index (χ2v) is 6.18. The highest BCUT2D eigenvalue weighted by Crippen LogP contribution is 2.32. The molecule has 3 rings (SSSR count). The first-order valence-electron chi connectivity index (χ1n) is 8.04. The van der Waals surface area contributed by atoms with Crippen LogP contribution < -0.4 is 10.6 Å². The zero-order valence-corrected chi connectivity index (χ0v) is 14.0. The molecule has 2 aliphatic heterocycles. The molecule has 25 heavy (non-hydrogen) atoms. The van der Waals surface area contributed by atoms with Crippen molar-refractivity contribution >= 4 is 29.3 Å². The van der Waals surface area contributed by atoms with Gasteiger partial charge < -0.3 is 10.1 Å². The first kappa shape index (κ1) is 17.1. The molecule has 1 aromatic carbocycles. The van der Waals surface area contributed by atoms with Crippen LogP contribution in [0, 0.1) is 0 Å². The molecule has 132 valence electrons. The molecule has 0 spiro atoms. The minimum Gasteiger partial charge on any atom is -0.383 e. The third kappa shape index (κ3) is 3.00. The molecule has 1 fully saturated rings. The van der Waals surface area contributed by atoms with Gasteiger partial charge in [0.15, 0.2) is 0 Å². The highest BCUT2D eigenvalue weighted by Gasteiger charge is 2.45. The maximum atomic E-state index is 12.9. The summed E-state index contributed by atoms with van der Waals surface area (Å²) < 4.78 is 5.07. The van der Waals surface area contributed by atoms with Crippen LogP contribution in [0.3, 0.4) is 0 Å². The van der Waals surface area contributed by atoms with Crippen molar-refractivity contribution < 1.29 is 23.9 Å². The lowest BCUT2D eigenvalue weighted by atomic mass is 10.0. The van der Waals surface area contributed by atoms with E-state index in [4.69, 9.17) is 4.74 Å². The van der Waals surface area contributed by atoms with Crippen molar-refractivity contribution in [2.24, 2.45) is 0 Å². The summed E-state index contributed by atoms with van der Waals surface area (Å²) in [7, 11) is 1.58. The van der Waals surface area contributed by atoms with Crippen molar-refractivity contribution in [3.8, 4) is 0 Å². The number of fused-ring (bicyclic) bond motifs is 1. The molecular weight excluding hydrogens is 326 g/mol. The Morgan fingerprint density at radius 1 is 1.28 bits per heavy atom. The maximum Gasteiger partial charge on any atom is 0.264 e. The van der Waals surface area contributed by atoms with E-state index < -0.39 is 29.7 Å². The topological polar surface area (TPSA) is 105 Å². The van der Waals surface area contributed by atoms with Gasteiger partial charge in [-0.15, -0.1) is 0 Å². The lowest BCUT2D eigenvalue weighted by Gasteiger charge is -2.27. The summed E-state index contributed by atoms with van der Waals surface area (Å²) in [6.45, 7) is 2.32. The number of benzene rings is 1. The Balaban J connectivity index is 1.91. The molecule has 2 atom stereocenters. The Morgan fingerprint density at radius 2 is 2.04 bits per heavy atom. The summed E-state index contributed by atoms with van der Waals surface area (Å²) in [5.74, 6) is -2.05. The van der Waals surface area contributed by atoms with E-state index in [2.05, 4.69) is 10.6 Å². The Hall–Kier alpha value is -2.74. The van der Waals surface area contributed by atoms with Crippen molar-refractivity contribution in [1.29, 1.82) is 0 Å². The fraction of sp³-hybridized carbons (Fsp3) is 0.412. The number of carbonyl (C=O) groups is 4. The summed E-state index contributed by atoms with van der Waals surface area (Å²) in [4.78, 5) is 49.9. The number of rotatable bonds is 5. The van der Waals surface area contributed by atoms with Crippen molar-refractivity contribution in [1.82, 2.24) is 10.2 Å². The molecule has 1 saturated heterocycles. The smallest absolute Gasteiger partial charge is 0.264 e. The highest BCUT2D eigenvalue weighted by molar-refractivity contribution is 6.25. The molecular formula is C17H19N3O5. The number of methoxy groups -OCH3 is 1. The molecule has 1 aromatic rings. The molecule has 8 heteroatoms. The minimum atomic E-state index is -0.964. The van der Waals surface area contributed by atoms with E-state index in [1.54, 1.807) is 25.3 Å². The summed E-state index contributed by atoms with van der Waals surface area (Å²) in [6.07, 6.45) is 0.235. The van der Waals surface area contributed by atoms with Crippen LogP contribution in [-0.2, 0) is 14.3 Å². The first-order valence-corrected chi connectivity index (χ1v) is 8.04. The molecule has 2 heterocycles. The number of nitrogens with zero attached hydrogens (tertiary/aromatic N) is 1. The van der Waals surface area contributed by atoms with Gasteiger partial charge in [-0.1, -0.05) is 6.07 Å². The van der Waals surface area contributed by atoms with Gasteiger partial charge in [-0.25, -0.2) is 0 Å². The van der Waals surface area contributed by atoms with Crippen LogP contribution in [0.15, 0.2) is 18.2 Å². The van der Waals surface area contributed by atoms with Gasteiger partial charge in [-0.3, -0.25) is 29.4 Å². The Kier molecular flexibility index (Phi) is 4.54. The SMILES string of the molecule is COCC(C)Nc1cccc2c1C(=O)N(C1CCC(=O)NC1=O)C2=O. The molecule has 8 nitrogen and oxygen atoms in total. The highest BCUT2D eigenvalue weighted by atomic mass is 16.5. The fourth-order valence-electron chi connectivity index (χ4n) is 3.19. The van der Waals surface area contributed by atoms with E-state index in [9.17, 15) is 19.2 Å². The molecule has 0 aromatic heterocycles. The molecule has 2 N–H and O–H groups in total. The van der Waals surface area contributed by atoms with Crippen molar-refractivity contribution in [2.75, 3.05) is 19.0 Å². The standard InChI is InChI=1S/C17H19N3O5/c1-9(8-25-2)18-11-5-3-4-10-14(11)17(24)20(16(10)23)12-6-7-13(21)19-15(12)22/h3-5,9,12,18H,6-8H2,1-2H3,(H,19,21,22). The van der Waals surface area contributed by atoms with E-state index in [0.29, 0.717) is 12.3 Å². The van der Waals surface area contributed by atoms with Gasteiger partial charge >= 0.3 is 0 Å². The average molecular weight is 345 g/mol. The molecule has 0 radical (unpaired) electrons. The molecule has 0 saturated carbocycles. The summed E-state index contributed by atoms with van der Waals surface area (Å²) in [5.41, 5.74) is 1.03. The van der Waals surface area contributed by atoms with Crippen LogP contribution in [0.5, 0.6) is 0 Å². The van der Waals surface area contributed by atoms with Gasteiger partial charge in [0.25, 0.3) is 11.8 Å². The lowest BCUT2D eigenvalue weighted by Crippen LogP contribution is -2.54. The average Bonchev–Trinajstić information content (AvgIpc) is 2.81. The molecule has 4 amide bonds. The largest absolute Gasteiger partial charge is 0.383 e. The number of anilines is 1. The summed E-state index contributed by atoms with van der Waals surface area (Å²) >= 11 is 0. The number of carbonyl (C=O) groups excluding carboxylic acids is 4. The number of ether oxygens (including phenoxy) is 1. The van der Waals surface area contributed by atoms with Crippen LogP contribution in [0.2, 0.25) is 0 Å². The zero-order valence-electron chi connectivity index (χ0n) is 14.0. The number of imide groups is 2. The maximum absolute atomic E-state index is 12.9. The van der Waals surface area contributed by atoms with Gasteiger partial charge in [0.2, 0.25) is 11.8 Å².